The highest BCUT2D eigenvalue weighted by molar-refractivity contribution is 5.73. The van der Waals surface area contributed by atoms with Crippen LogP contribution >= 0.6 is 0 Å². The summed E-state index contributed by atoms with van der Waals surface area (Å²) in [6.07, 6.45) is -0.114. The maximum Gasteiger partial charge on any atom is 0.321 e. The molecule has 1 fully saturated rings. The molecule has 1 saturated heterocycles. The van der Waals surface area contributed by atoms with E-state index in [1.807, 2.05) is 0 Å². The number of likely N-dealkylation sites (tertiary alicyclic amines) is 1. The molecule has 0 aromatic heterocycles. The normalized spacial score (nSPS) is 34.6. The van der Waals surface area contributed by atoms with Crippen molar-refractivity contribution < 1.29 is 15.0 Å². The number of aliphatic hydroxyl groups excluding tert-OH is 1. The number of carbonyl (C=O) groups is 1. The molecule has 1 rings (SSSR count). The molecular weight excluding hydrogens is 134 g/mol. The first-order chi connectivity index (χ1) is 4.61. The van der Waals surface area contributed by atoms with Crippen molar-refractivity contribution in [3.05, 3.63) is 0 Å². The molecule has 0 aromatic carbocycles. The second-order valence-corrected chi connectivity index (χ2v) is 2.68. The Bertz CT molecular complexity index is 148. The van der Waals surface area contributed by atoms with E-state index in [0.717, 1.165) is 0 Å². The molecule has 1 aliphatic heterocycles. The quantitative estimate of drug-likeness (QED) is 0.504. The van der Waals surface area contributed by atoms with Crippen molar-refractivity contribution in [2.45, 2.75) is 18.6 Å². The monoisotopic (exact) mass is 145 g/mol. The first-order valence-corrected chi connectivity index (χ1v) is 3.22. The van der Waals surface area contributed by atoms with E-state index in [9.17, 15) is 4.79 Å². The molecule has 1 aliphatic rings. The van der Waals surface area contributed by atoms with Crippen LogP contribution in [0.4, 0.5) is 0 Å². The summed E-state index contributed by atoms with van der Waals surface area (Å²) < 4.78 is 0. The fraction of sp³-hybridized carbons (Fsp3) is 0.833. The molecule has 0 bridgehead atoms. The standard InChI is InChI=1S/C6H11NO3/c1-7-3-4(8)2-5(7)6(9)10/h4-5,8H,2-3H2,1H3,(H,9,10)/t4?,5-/m1/s1. The molecule has 0 aromatic rings. The number of carboxylic acids is 1. The van der Waals surface area contributed by atoms with Crippen LogP contribution in [0.1, 0.15) is 6.42 Å². The Hall–Kier alpha value is -0.610. The van der Waals surface area contributed by atoms with E-state index in [1.165, 1.54) is 0 Å². The molecule has 0 amide bonds. The lowest BCUT2D eigenvalue weighted by Gasteiger charge is -2.12. The van der Waals surface area contributed by atoms with E-state index in [4.69, 9.17) is 10.2 Å². The maximum absolute atomic E-state index is 10.4. The Labute approximate surface area is 59.1 Å². The highest BCUT2D eigenvalue weighted by atomic mass is 16.4. The van der Waals surface area contributed by atoms with E-state index in [1.54, 1.807) is 11.9 Å². The minimum atomic E-state index is -0.848. The van der Waals surface area contributed by atoms with Crippen LogP contribution in [0.3, 0.4) is 0 Å². The highest BCUT2D eigenvalue weighted by Crippen LogP contribution is 2.14. The Kier molecular flexibility index (Phi) is 1.92. The molecule has 2 N–H and O–H groups in total. The number of likely N-dealkylation sites (N-methyl/N-ethyl adjacent to an activating group) is 1. The molecule has 0 spiro atoms. The third-order valence-corrected chi connectivity index (χ3v) is 1.81. The van der Waals surface area contributed by atoms with Gasteiger partial charge in [-0.2, -0.15) is 0 Å². The summed E-state index contributed by atoms with van der Waals surface area (Å²) in [6.45, 7) is 0.469. The summed E-state index contributed by atoms with van der Waals surface area (Å²) in [6, 6.07) is -0.491. The van der Waals surface area contributed by atoms with E-state index in [2.05, 4.69) is 0 Å². The first-order valence-electron chi connectivity index (χ1n) is 3.22. The SMILES string of the molecule is CN1CC(O)C[C@@H]1C(=O)O. The number of β-amino-alcohol motifs (C(OH)–C–C–N with tert-alkyl or cyclic N) is 1. The van der Waals surface area contributed by atoms with Gasteiger partial charge >= 0.3 is 5.97 Å². The van der Waals surface area contributed by atoms with Crippen LogP contribution in [0.5, 0.6) is 0 Å². The minimum absolute atomic E-state index is 0.353. The summed E-state index contributed by atoms with van der Waals surface area (Å²) in [5, 5.41) is 17.6. The fourth-order valence-corrected chi connectivity index (χ4v) is 1.26. The number of nitrogens with zero attached hydrogens (tertiary/aromatic N) is 1. The van der Waals surface area contributed by atoms with Crippen LogP contribution in [0.15, 0.2) is 0 Å². The molecule has 4 nitrogen and oxygen atoms in total. The zero-order chi connectivity index (χ0) is 7.72. The van der Waals surface area contributed by atoms with E-state index in [0.29, 0.717) is 13.0 Å². The Morgan fingerprint density at radius 3 is 2.50 bits per heavy atom. The van der Waals surface area contributed by atoms with Crippen LogP contribution < -0.4 is 0 Å². The van der Waals surface area contributed by atoms with Gasteiger partial charge in [-0.1, -0.05) is 0 Å². The van der Waals surface area contributed by atoms with Gasteiger partial charge in [-0.25, -0.2) is 0 Å². The predicted molar refractivity (Wildman–Crippen MR) is 34.7 cm³/mol. The minimum Gasteiger partial charge on any atom is -0.480 e. The van der Waals surface area contributed by atoms with E-state index >= 15 is 0 Å². The van der Waals surface area contributed by atoms with Crippen molar-refractivity contribution in [2.24, 2.45) is 0 Å². The Morgan fingerprint density at radius 1 is 1.70 bits per heavy atom. The topological polar surface area (TPSA) is 60.8 Å². The molecule has 0 radical (unpaired) electrons. The van der Waals surface area contributed by atoms with Gasteiger partial charge in [-0.3, -0.25) is 9.69 Å². The second kappa shape index (κ2) is 2.56. The number of aliphatic hydroxyl groups is 1. The van der Waals surface area contributed by atoms with E-state index in [-0.39, 0.29) is 0 Å². The summed E-state index contributed by atoms with van der Waals surface area (Å²) in [5.74, 6) is -0.848. The number of aliphatic carboxylic acids is 1. The molecule has 58 valence electrons. The van der Waals surface area contributed by atoms with Gasteiger partial charge in [0.1, 0.15) is 6.04 Å². The highest BCUT2D eigenvalue weighted by Gasteiger charge is 2.32. The van der Waals surface area contributed by atoms with Gasteiger partial charge in [0.15, 0.2) is 0 Å². The molecule has 10 heavy (non-hydrogen) atoms. The third kappa shape index (κ3) is 1.27. The van der Waals surface area contributed by atoms with Crippen molar-refractivity contribution in [1.29, 1.82) is 0 Å². The summed E-state index contributed by atoms with van der Waals surface area (Å²) in [5.41, 5.74) is 0. The Balaban J connectivity index is 2.54. The van der Waals surface area contributed by atoms with Gasteiger partial charge in [0.25, 0.3) is 0 Å². The van der Waals surface area contributed by atoms with Gasteiger partial charge in [0, 0.05) is 13.0 Å². The van der Waals surface area contributed by atoms with Crippen molar-refractivity contribution >= 4 is 5.97 Å². The molecule has 1 heterocycles. The van der Waals surface area contributed by atoms with Crippen molar-refractivity contribution in [3.63, 3.8) is 0 Å². The van der Waals surface area contributed by atoms with Crippen LogP contribution in [0, 0.1) is 0 Å². The zero-order valence-corrected chi connectivity index (χ0v) is 5.82. The molecule has 0 saturated carbocycles. The number of rotatable bonds is 1. The van der Waals surface area contributed by atoms with Crippen molar-refractivity contribution in [3.8, 4) is 0 Å². The van der Waals surface area contributed by atoms with Crippen molar-refractivity contribution in [1.82, 2.24) is 4.90 Å². The number of carboxylic acid groups (broad SMARTS) is 1. The van der Waals surface area contributed by atoms with Gasteiger partial charge in [-0.05, 0) is 7.05 Å². The maximum atomic E-state index is 10.4. The predicted octanol–water partition coefficient (Wildman–Crippen LogP) is -0.864. The first kappa shape index (κ1) is 7.50. The lowest BCUT2D eigenvalue weighted by Crippen LogP contribution is -2.32. The van der Waals surface area contributed by atoms with Gasteiger partial charge in [-0.15, -0.1) is 0 Å². The summed E-state index contributed by atoms with van der Waals surface area (Å²) >= 11 is 0. The average molecular weight is 145 g/mol. The van der Waals surface area contributed by atoms with E-state index < -0.39 is 18.1 Å². The number of hydrogen-bond acceptors (Lipinski definition) is 3. The van der Waals surface area contributed by atoms with Crippen LogP contribution in [-0.4, -0.2) is 46.8 Å². The van der Waals surface area contributed by atoms with Gasteiger partial charge in [0.2, 0.25) is 0 Å². The van der Waals surface area contributed by atoms with Crippen LogP contribution in [0.25, 0.3) is 0 Å². The summed E-state index contributed by atoms with van der Waals surface area (Å²) in [7, 11) is 1.70. The lowest BCUT2D eigenvalue weighted by molar-refractivity contribution is -0.141. The Morgan fingerprint density at radius 2 is 2.30 bits per heavy atom. The molecular formula is C6H11NO3. The number of hydrogen-bond donors (Lipinski definition) is 2. The molecule has 2 atom stereocenters. The lowest BCUT2D eigenvalue weighted by atomic mass is 10.2. The summed E-state index contributed by atoms with van der Waals surface area (Å²) in [4.78, 5) is 12.1. The molecule has 4 heteroatoms. The molecule has 1 unspecified atom stereocenters. The van der Waals surface area contributed by atoms with Crippen LogP contribution in [-0.2, 0) is 4.79 Å². The fourth-order valence-electron chi connectivity index (χ4n) is 1.26. The average Bonchev–Trinajstić information content (AvgIpc) is 2.10. The largest absolute Gasteiger partial charge is 0.480 e. The van der Waals surface area contributed by atoms with Gasteiger partial charge < -0.3 is 10.2 Å². The van der Waals surface area contributed by atoms with Gasteiger partial charge in [0.05, 0.1) is 6.10 Å². The zero-order valence-electron chi connectivity index (χ0n) is 5.82. The second-order valence-electron chi connectivity index (χ2n) is 2.68. The third-order valence-electron chi connectivity index (χ3n) is 1.81. The van der Waals surface area contributed by atoms with Crippen LogP contribution in [0.2, 0.25) is 0 Å². The van der Waals surface area contributed by atoms with Crippen molar-refractivity contribution in [2.75, 3.05) is 13.6 Å². The smallest absolute Gasteiger partial charge is 0.321 e. The molecule has 0 aliphatic carbocycles.